The van der Waals surface area contributed by atoms with E-state index in [0.717, 1.165) is 21.9 Å². The highest BCUT2D eigenvalue weighted by Crippen LogP contribution is 2.27. The fourth-order valence-electron chi connectivity index (χ4n) is 3.74. The molecule has 6 heteroatoms. The standard InChI is InChI=1S/C30H26N2O4/c1-3-9-23-12-5-7-15-27(23)35-20-29(33)32-31-19-26-25-14-6-4-11-22(25)16-17-28(26)36-30(34)24-13-8-10-21(2)18-24/h3-8,10-19H,1,9,20H2,2H3,(H,32,33). The average Bonchev–Trinajstić information content (AvgIpc) is 2.89. The van der Waals surface area contributed by atoms with Gasteiger partial charge in [0.15, 0.2) is 6.61 Å². The van der Waals surface area contributed by atoms with Crippen molar-refractivity contribution in [3.8, 4) is 11.5 Å². The van der Waals surface area contributed by atoms with Crippen LogP contribution in [0.25, 0.3) is 10.8 Å². The number of para-hydroxylation sites is 1. The number of ether oxygens (including phenoxy) is 2. The summed E-state index contributed by atoms with van der Waals surface area (Å²) in [6, 6.07) is 25.9. The second-order valence-corrected chi connectivity index (χ2v) is 8.14. The lowest BCUT2D eigenvalue weighted by atomic mass is 10.0. The van der Waals surface area contributed by atoms with Crippen LogP contribution < -0.4 is 14.9 Å². The monoisotopic (exact) mass is 478 g/mol. The number of esters is 1. The van der Waals surface area contributed by atoms with E-state index in [0.29, 0.717) is 29.0 Å². The molecule has 4 rings (SSSR count). The largest absolute Gasteiger partial charge is 0.483 e. The lowest BCUT2D eigenvalue weighted by molar-refractivity contribution is -0.123. The van der Waals surface area contributed by atoms with Gasteiger partial charge in [0.2, 0.25) is 0 Å². The molecule has 0 spiro atoms. The van der Waals surface area contributed by atoms with Gasteiger partial charge in [-0.1, -0.05) is 72.3 Å². The highest BCUT2D eigenvalue weighted by Gasteiger charge is 2.14. The molecule has 180 valence electrons. The Kier molecular flexibility index (Phi) is 7.88. The zero-order chi connectivity index (χ0) is 25.3. The summed E-state index contributed by atoms with van der Waals surface area (Å²) in [4.78, 5) is 25.1. The second kappa shape index (κ2) is 11.6. The molecule has 0 heterocycles. The number of carbonyl (C=O) groups excluding carboxylic acids is 2. The molecular weight excluding hydrogens is 452 g/mol. The first kappa shape index (κ1) is 24.4. The zero-order valence-electron chi connectivity index (χ0n) is 19.9. The minimum absolute atomic E-state index is 0.198. The number of allylic oxidation sites excluding steroid dienone is 1. The van der Waals surface area contributed by atoms with E-state index in [4.69, 9.17) is 9.47 Å². The number of hydrogen-bond acceptors (Lipinski definition) is 5. The smallest absolute Gasteiger partial charge is 0.343 e. The lowest BCUT2D eigenvalue weighted by Crippen LogP contribution is -2.25. The van der Waals surface area contributed by atoms with Crippen molar-refractivity contribution in [3.05, 3.63) is 120 Å². The number of benzene rings is 4. The number of aryl methyl sites for hydroxylation is 1. The van der Waals surface area contributed by atoms with Crippen LogP contribution in [-0.2, 0) is 11.2 Å². The Bertz CT molecular complexity index is 1440. The summed E-state index contributed by atoms with van der Waals surface area (Å²) in [7, 11) is 0. The molecule has 0 saturated heterocycles. The molecule has 36 heavy (non-hydrogen) atoms. The molecule has 0 aromatic heterocycles. The Balaban J connectivity index is 1.50. The van der Waals surface area contributed by atoms with Crippen molar-refractivity contribution < 1.29 is 19.1 Å². The molecule has 0 aliphatic carbocycles. The van der Waals surface area contributed by atoms with Crippen LogP contribution >= 0.6 is 0 Å². The van der Waals surface area contributed by atoms with Crippen molar-refractivity contribution in [1.29, 1.82) is 0 Å². The minimum atomic E-state index is -0.473. The summed E-state index contributed by atoms with van der Waals surface area (Å²) in [6.07, 6.45) is 3.89. The van der Waals surface area contributed by atoms with Gasteiger partial charge in [0, 0.05) is 5.56 Å². The van der Waals surface area contributed by atoms with Gasteiger partial charge in [-0.05, 0) is 53.9 Å². The van der Waals surface area contributed by atoms with Crippen LogP contribution in [0.3, 0.4) is 0 Å². The molecule has 1 amide bonds. The summed E-state index contributed by atoms with van der Waals surface area (Å²) in [5.74, 6) is 0.0705. The van der Waals surface area contributed by atoms with Crippen LogP contribution in [0.4, 0.5) is 0 Å². The molecule has 0 fully saturated rings. The Morgan fingerprint density at radius 3 is 2.58 bits per heavy atom. The molecular formula is C30H26N2O4. The van der Waals surface area contributed by atoms with Gasteiger partial charge in [-0.25, -0.2) is 10.2 Å². The number of carbonyl (C=O) groups is 2. The van der Waals surface area contributed by atoms with Gasteiger partial charge in [-0.15, -0.1) is 6.58 Å². The summed E-state index contributed by atoms with van der Waals surface area (Å²) in [6.45, 7) is 5.46. The Morgan fingerprint density at radius 2 is 1.75 bits per heavy atom. The summed E-state index contributed by atoms with van der Waals surface area (Å²) >= 11 is 0. The fraction of sp³-hybridized carbons (Fsp3) is 0.100. The summed E-state index contributed by atoms with van der Waals surface area (Å²) in [5, 5.41) is 5.89. The van der Waals surface area contributed by atoms with E-state index < -0.39 is 11.9 Å². The molecule has 6 nitrogen and oxygen atoms in total. The predicted molar refractivity (Wildman–Crippen MR) is 142 cm³/mol. The van der Waals surface area contributed by atoms with E-state index in [-0.39, 0.29) is 6.61 Å². The van der Waals surface area contributed by atoms with Gasteiger partial charge >= 0.3 is 5.97 Å². The molecule has 0 unspecified atom stereocenters. The van der Waals surface area contributed by atoms with Gasteiger partial charge in [-0.3, -0.25) is 4.79 Å². The predicted octanol–water partition coefficient (Wildman–Crippen LogP) is 5.63. The van der Waals surface area contributed by atoms with Crippen molar-refractivity contribution in [2.75, 3.05) is 6.61 Å². The molecule has 1 N–H and O–H groups in total. The Labute approximate surface area is 209 Å². The third-order valence-electron chi connectivity index (χ3n) is 5.47. The summed E-state index contributed by atoms with van der Waals surface area (Å²) < 4.78 is 11.4. The van der Waals surface area contributed by atoms with Gasteiger partial charge in [0.1, 0.15) is 11.5 Å². The SMILES string of the molecule is C=CCc1ccccc1OCC(=O)NN=Cc1c(OC(=O)c2cccc(C)c2)ccc2ccccc12. The molecule has 0 aliphatic rings. The first-order valence-corrected chi connectivity index (χ1v) is 11.5. The summed E-state index contributed by atoms with van der Waals surface area (Å²) in [5.41, 5.74) is 5.41. The number of nitrogens with one attached hydrogen (secondary N) is 1. The molecule has 0 radical (unpaired) electrons. The molecule has 0 aliphatic heterocycles. The van der Waals surface area contributed by atoms with Gasteiger partial charge < -0.3 is 9.47 Å². The van der Waals surface area contributed by atoms with E-state index in [2.05, 4.69) is 17.1 Å². The number of fused-ring (bicyclic) bond motifs is 1. The van der Waals surface area contributed by atoms with Gasteiger partial charge in [0.25, 0.3) is 5.91 Å². The highest BCUT2D eigenvalue weighted by molar-refractivity contribution is 6.04. The lowest BCUT2D eigenvalue weighted by Gasteiger charge is -2.11. The maximum absolute atomic E-state index is 12.8. The first-order chi connectivity index (χ1) is 17.5. The van der Waals surface area contributed by atoms with Crippen molar-refractivity contribution in [1.82, 2.24) is 5.43 Å². The van der Waals surface area contributed by atoms with Crippen LogP contribution in [0, 0.1) is 6.92 Å². The third kappa shape index (κ3) is 6.04. The third-order valence-corrected chi connectivity index (χ3v) is 5.47. The topological polar surface area (TPSA) is 77.0 Å². The number of hydrogen-bond donors (Lipinski definition) is 1. The van der Waals surface area contributed by atoms with Crippen LogP contribution in [0.1, 0.15) is 27.0 Å². The van der Waals surface area contributed by atoms with Crippen LogP contribution in [-0.4, -0.2) is 24.7 Å². The molecule has 0 atom stereocenters. The quantitative estimate of drug-likeness (QED) is 0.111. The fourth-order valence-corrected chi connectivity index (χ4v) is 3.74. The van der Waals surface area contributed by atoms with Crippen molar-refractivity contribution in [3.63, 3.8) is 0 Å². The molecule has 0 bridgehead atoms. The Hall–Kier alpha value is -4.71. The van der Waals surface area contributed by atoms with Crippen LogP contribution in [0.2, 0.25) is 0 Å². The van der Waals surface area contributed by atoms with Crippen LogP contribution in [0.5, 0.6) is 11.5 Å². The Morgan fingerprint density at radius 1 is 0.944 bits per heavy atom. The van der Waals surface area contributed by atoms with E-state index in [1.165, 1.54) is 6.21 Å². The van der Waals surface area contributed by atoms with Crippen molar-refractivity contribution in [2.24, 2.45) is 5.10 Å². The number of rotatable bonds is 9. The van der Waals surface area contributed by atoms with Crippen molar-refractivity contribution in [2.45, 2.75) is 13.3 Å². The van der Waals surface area contributed by atoms with Gasteiger partial charge in [0.05, 0.1) is 11.8 Å². The maximum atomic E-state index is 12.8. The van der Waals surface area contributed by atoms with E-state index in [1.54, 1.807) is 30.3 Å². The molecule has 4 aromatic rings. The van der Waals surface area contributed by atoms with Crippen LogP contribution in [0.15, 0.2) is 103 Å². The van der Waals surface area contributed by atoms with Crippen molar-refractivity contribution >= 4 is 28.9 Å². The number of nitrogens with zero attached hydrogens (tertiary/aromatic N) is 1. The number of hydrazone groups is 1. The average molecular weight is 479 g/mol. The minimum Gasteiger partial charge on any atom is -0.483 e. The van der Waals surface area contributed by atoms with E-state index in [9.17, 15) is 9.59 Å². The first-order valence-electron chi connectivity index (χ1n) is 11.5. The van der Waals surface area contributed by atoms with E-state index >= 15 is 0 Å². The second-order valence-electron chi connectivity index (χ2n) is 8.14. The zero-order valence-corrected chi connectivity index (χ0v) is 19.9. The number of amides is 1. The van der Waals surface area contributed by atoms with E-state index in [1.807, 2.05) is 67.6 Å². The molecule has 4 aromatic carbocycles. The molecule has 0 saturated carbocycles. The highest BCUT2D eigenvalue weighted by atomic mass is 16.5. The maximum Gasteiger partial charge on any atom is 0.343 e. The van der Waals surface area contributed by atoms with Gasteiger partial charge in [-0.2, -0.15) is 5.10 Å². The normalized spacial score (nSPS) is 10.8.